The smallest absolute Gasteiger partial charge is 0.0702 e. The van der Waals surface area contributed by atoms with Crippen molar-refractivity contribution >= 4 is 44.6 Å². The van der Waals surface area contributed by atoms with E-state index in [0.717, 1.165) is 21.0 Å². The van der Waals surface area contributed by atoms with Gasteiger partial charge < -0.3 is 5.32 Å². The van der Waals surface area contributed by atoms with Crippen LogP contribution in [0.2, 0.25) is 5.02 Å². The molecular weight excluding hydrogens is 306 g/mol. The van der Waals surface area contributed by atoms with Crippen LogP contribution in [0, 0.1) is 6.92 Å². The fraction of sp³-hybridized carbons (Fsp3) is 0.167. The van der Waals surface area contributed by atoms with Crippen LogP contribution in [0.15, 0.2) is 34.1 Å². The molecule has 0 aliphatic heterocycles. The second-order valence-corrected chi connectivity index (χ2v) is 6.50. The van der Waals surface area contributed by atoms with Gasteiger partial charge in [-0.15, -0.1) is 11.3 Å². The van der Waals surface area contributed by atoms with Gasteiger partial charge in [0.05, 0.1) is 3.79 Å². The lowest BCUT2D eigenvalue weighted by Gasteiger charge is -2.08. The quantitative estimate of drug-likeness (QED) is 0.832. The van der Waals surface area contributed by atoms with Gasteiger partial charge in [0.25, 0.3) is 0 Å². The zero-order valence-electron chi connectivity index (χ0n) is 8.76. The monoisotopic (exact) mass is 315 g/mol. The lowest BCUT2D eigenvalue weighted by atomic mass is 10.2. The Morgan fingerprint density at radius 3 is 2.81 bits per heavy atom. The standard InChI is InChI=1S/C12H11BrClNS/c1-8-2-3-9(14)6-11(8)15-7-10-4-5-12(13)16-10/h2-6,15H,7H2,1H3. The zero-order valence-corrected chi connectivity index (χ0v) is 11.9. The number of aryl methyl sites for hydroxylation is 1. The van der Waals surface area contributed by atoms with Crippen LogP contribution in [0.1, 0.15) is 10.4 Å². The largest absolute Gasteiger partial charge is 0.380 e. The van der Waals surface area contributed by atoms with Crippen LogP contribution in [0.3, 0.4) is 0 Å². The van der Waals surface area contributed by atoms with E-state index in [1.165, 1.54) is 10.4 Å². The summed E-state index contributed by atoms with van der Waals surface area (Å²) in [5.41, 5.74) is 2.30. The van der Waals surface area contributed by atoms with E-state index in [1.54, 1.807) is 11.3 Å². The first-order valence-electron chi connectivity index (χ1n) is 4.89. The summed E-state index contributed by atoms with van der Waals surface area (Å²) in [5, 5.41) is 4.15. The summed E-state index contributed by atoms with van der Waals surface area (Å²) in [4.78, 5) is 1.30. The molecule has 4 heteroatoms. The molecule has 0 unspecified atom stereocenters. The third kappa shape index (κ3) is 3.00. The second-order valence-electron chi connectivity index (χ2n) is 3.52. The van der Waals surface area contributed by atoms with E-state index < -0.39 is 0 Å². The average Bonchev–Trinajstić information content (AvgIpc) is 2.66. The number of benzene rings is 1. The van der Waals surface area contributed by atoms with Gasteiger partial charge in [0.15, 0.2) is 0 Å². The lowest BCUT2D eigenvalue weighted by Crippen LogP contribution is -1.99. The van der Waals surface area contributed by atoms with Crippen LogP contribution in [0.5, 0.6) is 0 Å². The minimum absolute atomic E-state index is 0.764. The van der Waals surface area contributed by atoms with E-state index in [0.29, 0.717) is 0 Å². The highest BCUT2D eigenvalue weighted by atomic mass is 79.9. The minimum atomic E-state index is 0.764. The third-order valence-corrected chi connectivity index (χ3v) is 4.14. The molecule has 0 fully saturated rings. The molecule has 0 atom stereocenters. The maximum Gasteiger partial charge on any atom is 0.0702 e. The summed E-state index contributed by atoms with van der Waals surface area (Å²) < 4.78 is 1.16. The van der Waals surface area contributed by atoms with Gasteiger partial charge in [-0.2, -0.15) is 0 Å². The number of rotatable bonds is 3. The van der Waals surface area contributed by atoms with Crippen LogP contribution >= 0.6 is 38.9 Å². The maximum atomic E-state index is 5.96. The highest BCUT2D eigenvalue weighted by Gasteiger charge is 2.01. The SMILES string of the molecule is Cc1ccc(Cl)cc1NCc1ccc(Br)s1. The van der Waals surface area contributed by atoms with Crippen LogP contribution < -0.4 is 5.32 Å². The van der Waals surface area contributed by atoms with Crippen molar-refractivity contribution in [2.75, 3.05) is 5.32 Å². The van der Waals surface area contributed by atoms with Gasteiger partial charge in [-0.3, -0.25) is 0 Å². The molecule has 0 radical (unpaired) electrons. The van der Waals surface area contributed by atoms with Crippen molar-refractivity contribution in [3.05, 3.63) is 49.6 Å². The molecule has 0 spiro atoms. The summed E-state index contributed by atoms with van der Waals surface area (Å²) in [7, 11) is 0. The van der Waals surface area contributed by atoms with Gasteiger partial charge in [0.1, 0.15) is 0 Å². The van der Waals surface area contributed by atoms with E-state index in [-0.39, 0.29) is 0 Å². The minimum Gasteiger partial charge on any atom is -0.380 e. The molecule has 1 aromatic carbocycles. The summed E-state index contributed by atoms with van der Waals surface area (Å²) >= 11 is 11.2. The number of nitrogens with one attached hydrogen (secondary N) is 1. The Bertz CT molecular complexity index is 496. The molecule has 0 saturated heterocycles. The predicted molar refractivity (Wildman–Crippen MR) is 75.5 cm³/mol. The van der Waals surface area contributed by atoms with Gasteiger partial charge >= 0.3 is 0 Å². The molecule has 0 aliphatic rings. The molecule has 0 saturated carbocycles. The van der Waals surface area contributed by atoms with Crippen molar-refractivity contribution in [1.29, 1.82) is 0 Å². The number of hydrogen-bond donors (Lipinski definition) is 1. The molecule has 2 rings (SSSR count). The Kier molecular flexibility index (Phi) is 3.90. The first kappa shape index (κ1) is 12.0. The van der Waals surface area contributed by atoms with E-state index in [2.05, 4.69) is 40.3 Å². The predicted octanol–water partition coefficient (Wildman–Crippen LogP) is 5.08. The van der Waals surface area contributed by atoms with Gasteiger partial charge in [-0.05, 0) is 52.7 Å². The van der Waals surface area contributed by atoms with E-state index in [4.69, 9.17) is 11.6 Å². The Morgan fingerprint density at radius 2 is 2.12 bits per heavy atom. The molecule has 1 aromatic heterocycles. The molecule has 2 aromatic rings. The summed E-state index contributed by atoms with van der Waals surface area (Å²) in [6.07, 6.45) is 0. The van der Waals surface area contributed by atoms with Crippen molar-refractivity contribution < 1.29 is 0 Å². The first-order chi connectivity index (χ1) is 7.65. The Morgan fingerprint density at radius 1 is 1.31 bits per heavy atom. The normalized spacial score (nSPS) is 10.4. The lowest BCUT2D eigenvalue weighted by molar-refractivity contribution is 1.18. The van der Waals surface area contributed by atoms with Gasteiger partial charge in [0, 0.05) is 22.1 Å². The van der Waals surface area contributed by atoms with Gasteiger partial charge in [0.2, 0.25) is 0 Å². The van der Waals surface area contributed by atoms with Crippen molar-refractivity contribution in [1.82, 2.24) is 0 Å². The molecule has 1 heterocycles. The Hall–Kier alpha value is -0.510. The van der Waals surface area contributed by atoms with Gasteiger partial charge in [-0.25, -0.2) is 0 Å². The molecule has 84 valence electrons. The summed E-state index contributed by atoms with van der Waals surface area (Å²) in [6.45, 7) is 2.90. The van der Waals surface area contributed by atoms with Crippen molar-refractivity contribution in [3.8, 4) is 0 Å². The number of thiophene rings is 1. The molecule has 1 N–H and O–H groups in total. The Labute approximate surface area is 113 Å². The molecule has 0 aliphatic carbocycles. The van der Waals surface area contributed by atoms with E-state index in [9.17, 15) is 0 Å². The van der Waals surface area contributed by atoms with Crippen molar-refractivity contribution in [2.45, 2.75) is 13.5 Å². The van der Waals surface area contributed by atoms with E-state index >= 15 is 0 Å². The van der Waals surface area contributed by atoms with Crippen LogP contribution in [-0.2, 0) is 6.54 Å². The first-order valence-corrected chi connectivity index (χ1v) is 6.88. The third-order valence-electron chi connectivity index (χ3n) is 2.28. The summed E-state index contributed by atoms with van der Waals surface area (Å²) in [6, 6.07) is 10.1. The highest BCUT2D eigenvalue weighted by molar-refractivity contribution is 9.11. The number of hydrogen-bond acceptors (Lipinski definition) is 2. The van der Waals surface area contributed by atoms with Crippen LogP contribution in [0.4, 0.5) is 5.69 Å². The van der Waals surface area contributed by atoms with Crippen LogP contribution in [-0.4, -0.2) is 0 Å². The molecule has 0 amide bonds. The fourth-order valence-electron chi connectivity index (χ4n) is 1.41. The van der Waals surface area contributed by atoms with Crippen LogP contribution in [0.25, 0.3) is 0 Å². The maximum absolute atomic E-state index is 5.96. The molecule has 16 heavy (non-hydrogen) atoms. The average molecular weight is 317 g/mol. The zero-order chi connectivity index (χ0) is 11.5. The molecule has 1 nitrogen and oxygen atoms in total. The van der Waals surface area contributed by atoms with Crippen molar-refractivity contribution in [3.63, 3.8) is 0 Å². The second kappa shape index (κ2) is 5.21. The molecular formula is C12H11BrClNS. The summed E-state index contributed by atoms with van der Waals surface area (Å²) in [5.74, 6) is 0. The topological polar surface area (TPSA) is 12.0 Å². The number of halogens is 2. The molecule has 0 bridgehead atoms. The Balaban J connectivity index is 2.07. The highest BCUT2D eigenvalue weighted by Crippen LogP contribution is 2.25. The number of anilines is 1. The van der Waals surface area contributed by atoms with E-state index in [1.807, 2.05) is 18.2 Å². The van der Waals surface area contributed by atoms with Crippen molar-refractivity contribution in [2.24, 2.45) is 0 Å². The fourth-order valence-corrected chi connectivity index (χ4v) is 3.01. The van der Waals surface area contributed by atoms with Gasteiger partial charge in [-0.1, -0.05) is 17.7 Å².